The Kier molecular flexibility index (Phi) is 4.68. The second-order valence-corrected chi connectivity index (χ2v) is 6.84. The van der Waals surface area contributed by atoms with Crippen molar-refractivity contribution in [3.8, 4) is 0 Å². The molecule has 0 aliphatic carbocycles. The van der Waals surface area contributed by atoms with Crippen LogP contribution in [0.1, 0.15) is 14.5 Å². The van der Waals surface area contributed by atoms with E-state index in [-0.39, 0.29) is 18.3 Å². The molecule has 0 aliphatic rings. The summed E-state index contributed by atoms with van der Waals surface area (Å²) in [5.41, 5.74) is 0. The van der Waals surface area contributed by atoms with Gasteiger partial charge in [0.1, 0.15) is 10.7 Å². The summed E-state index contributed by atoms with van der Waals surface area (Å²) in [6.07, 6.45) is 0. The average Bonchev–Trinajstić information content (AvgIpc) is 3.19. The van der Waals surface area contributed by atoms with E-state index < -0.39 is 5.97 Å². The molecule has 2 heterocycles. The van der Waals surface area contributed by atoms with Gasteiger partial charge in [0.15, 0.2) is 6.61 Å². The molecule has 0 saturated carbocycles. The molecule has 0 atom stereocenters. The lowest BCUT2D eigenvalue weighted by atomic mass is 10.2. The van der Waals surface area contributed by atoms with Gasteiger partial charge in [0.25, 0.3) is 5.91 Å². The van der Waals surface area contributed by atoms with E-state index in [4.69, 9.17) is 4.74 Å². The fraction of sp³-hybridized carbons (Fsp3) is 0.125. The molecule has 118 valence electrons. The number of esters is 1. The topological polar surface area (TPSA) is 55.4 Å². The summed E-state index contributed by atoms with van der Waals surface area (Å²) >= 11 is 2.74. The predicted octanol–water partition coefficient (Wildman–Crippen LogP) is 3.58. The van der Waals surface area contributed by atoms with Gasteiger partial charge in [-0.1, -0.05) is 6.07 Å². The number of carbonyl (C=O) groups is 2. The molecule has 2 aromatic heterocycles. The molecule has 0 radical (unpaired) electrons. The summed E-state index contributed by atoms with van der Waals surface area (Å²) < 4.78 is 18.9. The van der Waals surface area contributed by atoms with Gasteiger partial charge in [-0.2, -0.15) is 0 Å². The van der Waals surface area contributed by atoms with Crippen molar-refractivity contribution in [1.29, 1.82) is 0 Å². The molecule has 0 bridgehead atoms. The third-order valence-corrected chi connectivity index (χ3v) is 5.03. The molecule has 0 unspecified atom stereocenters. The number of ether oxygens (including phenoxy) is 1. The molecule has 3 rings (SSSR count). The number of thiophene rings is 2. The van der Waals surface area contributed by atoms with E-state index in [9.17, 15) is 14.0 Å². The normalized spacial score (nSPS) is 10.7. The minimum atomic E-state index is -0.585. The SMILES string of the molecule is O=C(COC(=O)c1cc2cc(F)ccc2s1)NCc1cccs1. The molecule has 4 nitrogen and oxygen atoms in total. The summed E-state index contributed by atoms with van der Waals surface area (Å²) in [7, 11) is 0. The van der Waals surface area contributed by atoms with E-state index in [2.05, 4.69) is 5.32 Å². The van der Waals surface area contributed by atoms with Crippen molar-refractivity contribution in [2.24, 2.45) is 0 Å². The standard InChI is InChI=1S/C16H12FNO3S2/c17-11-3-4-13-10(6-11)7-14(23-13)16(20)21-9-15(19)18-8-12-2-1-5-22-12/h1-7H,8-9H2,(H,18,19). The van der Waals surface area contributed by atoms with Gasteiger partial charge in [-0.05, 0) is 41.1 Å². The third-order valence-electron chi connectivity index (χ3n) is 3.05. The lowest BCUT2D eigenvalue weighted by Gasteiger charge is -2.04. The Balaban J connectivity index is 1.54. The van der Waals surface area contributed by atoms with Crippen LogP contribution in [0.15, 0.2) is 41.8 Å². The number of carbonyl (C=O) groups excluding carboxylic acids is 2. The van der Waals surface area contributed by atoms with Crippen LogP contribution in [0.25, 0.3) is 10.1 Å². The molecule has 1 amide bonds. The Morgan fingerprint density at radius 1 is 1.22 bits per heavy atom. The third kappa shape index (κ3) is 3.94. The minimum absolute atomic E-state index is 0.340. The highest BCUT2D eigenvalue weighted by Crippen LogP contribution is 2.26. The molecule has 0 fully saturated rings. The molecule has 1 aromatic carbocycles. The molecular formula is C16H12FNO3S2. The van der Waals surface area contributed by atoms with Crippen LogP contribution in [0.4, 0.5) is 4.39 Å². The van der Waals surface area contributed by atoms with Crippen LogP contribution in [0, 0.1) is 5.82 Å². The van der Waals surface area contributed by atoms with Gasteiger partial charge in [0.2, 0.25) is 0 Å². The van der Waals surface area contributed by atoms with Crippen molar-refractivity contribution >= 4 is 44.6 Å². The summed E-state index contributed by atoms with van der Waals surface area (Å²) in [5.74, 6) is -1.31. The van der Waals surface area contributed by atoms with Gasteiger partial charge in [-0.25, -0.2) is 9.18 Å². The predicted molar refractivity (Wildman–Crippen MR) is 88.2 cm³/mol. The molecule has 23 heavy (non-hydrogen) atoms. The van der Waals surface area contributed by atoms with Crippen LogP contribution in [0.5, 0.6) is 0 Å². The first-order valence-corrected chi connectivity index (χ1v) is 8.47. The zero-order valence-corrected chi connectivity index (χ0v) is 13.5. The number of amides is 1. The monoisotopic (exact) mass is 349 g/mol. The summed E-state index contributed by atoms with van der Waals surface area (Å²) in [5, 5.41) is 5.24. The smallest absolute Gasteiger partial charge is 0.348 e. The van der Waals surface area contributed by atoms with Gasteiger partial charge in [0.05, 0.1) is 6.54 Å². The zero-order valence-electron chi connectivity index (χ0n) is 11.9. The maximum Gasteiger partial charge on any atom is 0.348 e. The Morgan fingerprint density at radius 3 is 2.87 bits per heavy atom. The summed E-state index contributed by atoms with van der Waals surface area (Å²) in [4.78, 5) is 25.0. The van der Waals surface area contributed by atoms with Crippen LogP contribution >= 0.6 is 22.7 Å². The Hall–Kier alpha value is -2.25. The number of halogens is 1. The Labute approximate surface area is 139 Å². The van der Waals surface area contributed by atoms with Crippen molar-refractivity contribution in [1.82, 2.24) is 5.32 Å². The van der Waals surface area contributed by atoms with E-state index in [0.717, 1.165) is 9.58 Å². The maximum atomic E-state index is 13.1. The highest BCUT2D eigenvalue weighted by atomic mass is 32.1. The first-order chi connectivity index (χ1) is 11.1. The van der Waals surface area contributed by atoms with Crippen LogP contribution in [-0.2, 0) is 16.1 Å². The van der Waals surface area contributed by atoms with E-state index in [0.29, 0.717) is 16.8 Å². The van der Waals surface area contributed by atoms with Gasteiger partial charge in [-0.3, -0.25) is 4.79 Å². The van der Waals surface area contributed by atoms with Crippen molar-refractivity contribution in [3.05, 3.63) is 57.3 Å². The van der Waals surface area contributed by atoms with Crippen molar-refractivity contribution in [3.63, 3.8) is 0 Å². The Morgan fingerprint density at radius 2 is 2.09 bits per heavy atom. The number of nitrogens with one attached hydrogen (secondary N) is 1. The molecular weight excluding hydrogens is 337 g/mol. The highest BCUT2D eigenvalue weighted by molar-refractivity contribution is 7.20. The fourth-order valence-corrected chi connectivity index (χ4v) is 3.55. The number of fused-ring (bicyclic) bond motifs is 1. The van der Waals surface area contributed by atoms with Crippen LogP contribution < -0.4 is 5.32 Å². The number of hydrogen-bond acceptors (Lipinski definition) is 5. The van der Waals surface area contributed by atoms with Crippen molar-refractivity contribution in [2.45, 2.75) is 6.54 Å². The second kappa shape index (κ2) is 6.89. The lowest BCUT2D eigenvalue weighted by molar-refractivity contribution is -0.124. The van der Waals surface area contributed by atoms with Gasteiger partial charge in [-0.15, -0.1) is 22.7 Å². The molecule has 1 N–H and O–H groups in total. The van der Waals surface area contributed by atoms with Crippen LogP contribution in [0.3, 0.4) is 0 Å². The average molecular weight is 349 g/mol. The second-order valence-electron chi connectivity index (χ2n) is 4.73. The largest absolute Gasteiger partial charge is 0.451 e. The molecule has 0 spiro atoms. The van der Waals surface area contributed by atoms with E-state index in [1.165, 1.54) is 34.8 Å². The fourth-order valence-electron chi connectivity index (χ4n) is 1.97. The number of hydrogen-bond donors (Lipinski definition) is 1. The summed E-state index contributed by atoms with van der Waals surface area (Å²) in [6.45, 7) is 0.0725. The lowest BCUT2D eigenvalue weighted by Crippen LogP contribution is -2.27. The number of benzene rings is 1. The van der Waals surface area contributed by atoms with E-state index in [1.54, 1.807) is 12.1 Å². The van der Waals surface area contributed by atoms with Gasteiger partial charge >= 0.3 is 5.97 Å². The maximum absolute atomic E-state index is 13.1. The molecule has 7 heteroatoms. The zero-order chi connectivity index (χ0) is 16.2. The van der Waals surface area contributed by atoms with E-state index >= 15 is 0 Å². The van der Waals surface area contributed by atoms with E-state index in [1.807, 2.05) is 17.5 Å². The number of rotatable bonds is 5. The quantitative estimate of drug-likeness (QED) is 0.717. The molecule has 3 aromatic rings. The van der Waals surface area contributed by atoms with Gasteiger partial charge in [0, 0.05) is 9.58 Å². The van der Waals surface area contributed by atoms with Crippen LogP contribution in [-0.4, -0.2) is 18.5 Å². The molecule has 0 saturated heterocycles. The first kappa shape index (κ1) is 15.6. The van der Waals surface area contributed by atoms with Gasteiger partial charge < -0.3 is 10.1 Å². The Bertz CT molecular complexity index is 842. The van der Waals surface area contributed by atoms with Crippen molar-refractivity contribution < 1.29 is 18.7 Å². The first-order valence-electron chi connectivity index (χ1n) is 6.77. The van der Waals surface area contributed by atoms with Crippen molar-refractivity contribution in [2.75, 3.05) is 6.61 Å². The van der Waals surface area contributed by atoms with Crippen LogP contribution in [0.2, 0.25) is 0 Å². The summed E-state index contributed by atoms with van der Waals surface area (Å²) in [6, 6.07) is 9.68. The molecule has 0 aliphatic heterocycles. The highest BCUT2D eigenvalue weighted by Gasteiger charge is 2.14. The minimum Gasteiger partial charge on any atom is -0.451 e.